The summed E-state index contributed by atoms with van der Waals surface area (Å²) >= 11 is 0. The van der Waals surface area contributed by atoms with Crippen LogP contribution in [0.5, 0.6) is 5.75 Å². The number of benzene rings is 3. The van der Waals surface area contributed by atoms with Crippen LogP contribution in [0.1, 0.15) is 18.1 Å². The Morgan fingerprint density at radius 2 is 1.48 bits per heavy atom. The first kappa shape index (κ1) is 22.4. The fourth-order valence-electron chi connectivity index (χ4n) is 3.03. The standard InChI is InChI=1S/C24H26N2O4S/c1-4-30-23-8-6-5-7-22(23)25-24(27)17-26(20-13-9-18(2)10-14-20)31(28,29)21-15-11-19(3)12-16-21/h5-16H,4,17H2,1-3H3,(H,25,27). The topological polar surface area (TPSA) is 75.7 Å². The molecule has 7 heteroatoms. The van der Waals surface area contributed by atoms with E-state index in [-0.39, 0.29) is 11.4 Å². The third-order valence-corrected chi connectivity index (χ3v) is 6.47. The van der Waals surface area contributed by atoms with Crippen molar-refractivity contribution in [2.24, 2.45) is 0 Å². The molecule has 0 bridgehead atoms. The summed E-state index contributed by atoms with van der Waals surface area (Å²) in [5.41, 5.74) is 2.85. The molecule has 1 amide bonds. The van der Waals surface area contributed by atoms with Crippen molar-refractivity contribution in [3.05, 3.63) is 83.9 Å². The van der Waals surface area contributed by atoms with Gasteiger partial charge < -0.3 is 10.1 Å². The van der Waals surface area contributed by atoms with E-state index in [1.807, 2.05) is 32.9 Å². The number of hydrogen-bond acceptors (Lipinski definition) is 4. The highest BCUT2D eigenvalue weighted by Crippen LogP contribution is 2.26. The minimum atomic E-state index is -3.95. The van der Waals surface area contributed by atoms with Gasteiger partial charge in [-0.15, -0.1) is 0 Å². The van der Waals surface area contributed by atoms with Crippen molar-refractivity contribution in [2.45, 2.75) is 25.7 Å². The Hall–Kier alpha value is -3.32. The van der Waals surface area contributed by atoms with E-state index in [0.29, 0.717) is 23.7 Å². The van der Waals surface area contributed by atoms with Crippen LogP contribution < -0.4 is 14.4 Å². The maximum absolute atomic E-state index is 13.4. The number of aryl methyl sites for hydroxylation is 2. The number of anilines is 2. The first-order valence-electron chi connectivity index (χ1n) is 9.99. The molecule has 0 atom stereocenters. The molecule has 1 N–H and O–H groups in total. The predicted molar refractivity (Wildman–Crippen MR) is 123 cm³/mol. The molecule has 162 valence electrons. The van der Waals surface area contributed by atoms with Gasteiger partial charge in [-0.05, 0) is 57.2 Å². The van der Waals surface area contributed by atoms with Crippen molar-refractivity contribution in [2.75, 3.05) is 22.8 Å². The minimum Gasteiger partial charge on any atom is -0.492 e. The lowest BCUT2D eigenvalue weighted by Gasteiger charge is -2.24. The maximum Gasteiger partial charge on any atom is 0.264 e. The van der Waals surface area contributed by atoms with Crippen LogP contribution in [0.25, 0.3) is 0 Å². The molecule has 0 aliphatic rings. The second-order valence-electron chi connectivity index (χ2n) is 7.14. The first-order chi connectivity index (χ1) is 14.8. The number of rotatable bonds is 8. The highest BCUT2D eigenvalue weighted by Gasteiger charge is 2.27. The van der Waals surface area contributed by atoms with Crippen LogP contribution in [0.4, 0.5) is 11.4 Å². The number of para-hydroxylation sites is 2. The Kier molecular flexibility index (Phi) is 6.97. The molecule has 3 rings (SSSR count). The summed E-state index contributed by atoms with van der Waals surface area (Å²) in [5.74, 6) is 0.0602. The van der Waals surface area contributed by atoms with E-state index in [9.17, 15) is 13.2 Å². The maximum atomic E-state index is 13.4. The van der Waals surface area contributed by atoms with Gasteiger partial charge in [0.05, 0.1) is 22.9 Å². The zero-order valence-corrected chi connectivity index (χ0v) is 18.6. The lowest BCUT2D eigenvalue weighted by atomic mass is 10.2. The van der Waals surface area contributed by atoms with Gasteiger partial charge in [0.25, 0.3) is 10.0 Å². The van der Waals surface area contributed by atoms with Crippen LogP contribution in [0.3, 0.4) is 0 Å². The third-order valence-electron chi connectivity index (χ3n) is 4.68. The number of nitrogens with zero attached hydrogens (tertiary/aromatic N) is 1. The van der Waals surface area contributed by atoms with Crippen LogP contribution in [0, 0.1) is 13.8 Å². The summed E-state index contributed by atoms with van der Waals surface area (Å²) in [6.45, 7) is 5.73. The van der Waals surface area contributed by atoms with Crippen molar-refractivity contribution in [3.8, 4) is 5.75 Å². The predicted octanol–water partition coefficient (Wildman–Crippen LogP) is 4.54. The molecule has 0 aliphatic carbocycles. The van der Waals surface area contributed by atoms with Gasteiger partial charge in [0, 0.05) is 0 Å². The molecule has 0 heterocycles. The average molecular weight is 439 g/mol. The second-order valence-corrected chi connectivity index (χ2v) is 9.00. The summed E-state index contributed by atoms with van der Waals surface area (Å²) in [5, 5.41) is 2.77. The van der Waals surface area contributed by atoms with Gasteiger partial charge in [-0.1, -0.05) is 47.5 Å². The van der Waals surface area contributed by atoms with Gasteiger partial charge in [0.15, 0.2) is 0 Å². The van der Waals surface area contributed by atoms with Crippen LogP contribution in [-0.4, -0.2) is 27.5 Å². The first-order valence-corrected chi connectivity index (χ1v) is 11.4. The molecule has 3 aromatic rings. The molecule has 0 aliphatic heterocycles. The average Bonchev–Trinajstić information content (AvgIpc) is 2.75. The van der Waals surface area contributed by atoms with Crippen LogP contribution in [0.2, 0.25) is 0 Å². The molecule has 0 saturated heterocycles. The van der Waals surface area contributed by atoms with E-state index in [1.54, 1.807) is 60.7 Å². The fourth-order valence-corrected chi connectivity index (χ4v) is 4.46. The number of hydrogen-bond donors (Lipinski definition) is 1. The van der Waals surface area contributed by atoms with Gasteiger partial charge in [-0.3, -0.25) is 9.10 Å². The van der Waals surface area contributed by atoms with Gasteiger partial charge in [-0.2, -0.15) is 0 Å². The minimum absolute atomic E-state index is 0.126. The van der Waals surface area contributed by atoms with Crippen molar-refractivity contribution < 1.29 is 17.9 Å². The molecule has 6 nitrogen and oxygen atoms in total. The summed E-state index contributed by atoms with van der Waals surface area (Å²) in [4.78, 5) is 13.0. The zero-order valence-electron chi connectivity index (χ0n) is 17.8. The number of ether oxygens (including phenoxy) is 1. The Morgan fingerprint density at radius 1 is 0.903 bits per heavy atom. The van der Waals surface area contributed by atoms with Gasteiger partial charge in [0.2, 0.25) is 5.91 Å². The van der Waals surface area contributed by atoms with Gasteiger partial charge >= 0.3 is 0 Å². The molecule has 0 aromatic heterocycles. The number of carbonyl (C=O) groups is 1. The normalized spacial score (nSPS) is 11.1. The summed E-state index contributed by atoms with van der Waals surface area (Å²) < 4.78 is 33.5. The van der Waals surface area contributed by atoms with Crippen LogP contribution >= 0.6 is 0 Å². The molecule has 0 saturated carbocycles. The summed E-state index contributed by atoms with van der Waals surface area (Å²) in [6.07, 6.45) is 0. The highest BCUT2D eigenvalue weighted by molar-refractivity contribution is 7.92. The molecule has 0 unspecified atom stereocenters. The lowest BCUT2D eigenvalue weighted by molar-refractivity contribution is -0.114. The zero-order chi connectivity index (χ0) is 22.4. The van der Waals surface area contributed by atoms with E-state index in [0.717, 1.165) is 15.4 Å². The van der Waals surface area contributed by atoms with E-state index in [1.165, 1.54) is 0 Å². The molecule has 31 heavy (non-hydrogen) atoms. The monoisotopic (exact) mass is 438 g/mol. The Labute approximate surface area is 183 Å². The van der Waals surface area contributed by atoms with Gasteiger partial charge in [-0.25, -0.2) is 8.42 Å². The summed E-state index contributed by atoms with van der Waals surface area (Å²) in [6, 6.07) is 20.6. The molecular weight excluding hydrogens is 412 g/mol. The van der Waals surface area contributed by atoms with Gasteiger partial charge in [0.1, 0.15) is 12.3 Å². The molecule has 0 fully saturated rings. The molecule has 0 spiro atoms. The highest BCUT2D eigenvalue weighted by atomic mass is 32.2. The van der Waals surface area contributed by atoms with E-state index in [2.05, 4.69) is 5.32 Å². The SMILES string of the molecule is CCOc1ccccc1NC(=O)CN(c1ccc(C)cc1)S(=O)(=O)c1ccc(C)cc1. The van der Waals surface area contributed by atoms with Crippen molar-refractivity contribution in [1.29, 1.82) is 0 Å². The van der Waals surface area contributed by atoms with Crippen LogP contribution in [-0.2, 0) is 14.8 Å². The van der Waals surface area contributed by atoms with E-state index in [4.69, 9.17) is 4.74 Å². The fraction of sp³-hybridized carbons (Fsp3) is 0.208. The number of sulfonamides is 1. The van der Waals surface area contributed by atoms with Crippen LogP contribution in [0.15, 0.2) is 77.7 Å². The summed E-state index contributed by atoms with van der Waals surface area (Å²) in [7, 11) is -3.95. The van der Waals surface area contributed by atoms with E-state index >= 15 is 0 Å². The van der Waals surface area contributed by atoms with E-state index < -0.39 is 15.9 Å². The molecule has 0 radical (unpaired) electrons. The number of amides is 1. The second kappa shape index (κ2) is 9.66. The number of nitrogens with one attached hydrogen (secondary N) is 1. The molecule has 3 aromatic carbocycles. The van der Waals surface area contributed by atoms with Crippen molar-refractivity contribution in [3.63, 3.8) is 0 Å². The third kappa shape index (κ3) is 5.44. The largest absolute Gasteiger partial charge is 0.492 e. The number of carbonyl (C=O) groups excluding carboxylic acids is 1. The Balaban J connectivity index is 1.93. The molecular formula is C24H26N2O4S. The smallest absolute Gasteiger partial charge is 0.264 e. The lowest BCUT2D eigenvalue weighted by Crippen LogP contribution is -2.38. The quantitative estimate of drug-likeness (QED) is 0.560. The Bertz CT molecular complexity index is 1140. The van der Waals surface area contributed by atoms with Crippen molar-refractivity contribution >= 4 is 27.3 Å². The van der Waals surface area contributed by atoms with Crippen molar-refractivity contribution in [1.82, 2.24) is 0 Å². The Morgan fingerprint density at radius 3 is 2.10 bits per heavy atom.